The van der Waals surface area contributed by atoms with Crippen LogP contribution < -0.4 is 10.6 Å². The highest BCUT2D eigenvalue weighted by molar-refractivity contribution is 5.76. The van der Waals surface area contributed by atoms with Crippen molar-refractivity contribution in [2.75, 3.05) is 33.7 Å². The fourth-order valence-electron chi connectivity index (χ4n) is 3.31. The number of nitrogens with one attached hydrogen (secondary N) is 2. The van der Waals surface area contributed by atoms with Crippen LogP contribution in [0, 0.1) is 5.92 Å². The molecule has 1 aromatic rings. The molecule has 0 aromatic heterocycles. The SMILES string of the molecule is CN(C)CC(Cc1ccccc1)NC(=O)CCC1CCNCC1. The lowest BCUT2D eigenvalue weighted by atomic mass is 9.93. The van der Waals surface area contributed by atoms with Gasteiger partial charge in [0.05, 0.1) is 0 Å². The second-order valence-corrected chi connectivity index (χ2v) is 6.95. The number of piperidine rings is 1. The van der Waals surface area contributed by atoms with E-state index in [1.54, 1.807) is 0 Å². The number of benzene rings is 1. The number of carbonyl (C=O) groups is 1. The van der Waals surface area contributed by atoms with E-state index >= 15 is 0 Å². The molecule has 2 N–H and O–H groups in total. The normalized spacial score (nSPS) is 17.2. The summed E-state index contributed by atoms with van der Waals surface area (Å²) in [5, 5.41) is 6.62. The molecule has 0 radical (unpaired) electrons. The summed E-state index contributed by atoms with van der Waals surface area (Å²) in [5.74, 6) is 0.912. The van der Waals surface area contributed by atoms with E-state index in [0.717, 1.165) is 32.5 Å². The van der Waals surface area contributed by atoms with Crippen LogP contribution in [-0.2, 0) is 11.2 Å². The molecule has 1 fully saturated rings. The molecule has 1 saturated heterocycles. The zero-order chi connectivity index (χ0) is 16.5. The standard InChI is InChI=1S/C19H31N3O/c1-22(2)15-18(14-17-6-4-3-5-7-17)21-19(23)9-8-16-10-12-20-13-11-16/h3-7,16,18,20H,8-15H2,1-2H3,(H,21,23). The summed E-state index contributed by atoms with van der Waals surface area (Å²) < 4.78 is 0. The molecule has 4 heteroatoms. The summed E-state index contributed by atoms with van der Waals surface area (Å²) in [6.07, 6.45) is 4.98. The average Bonchev–Trinajstić information content (AvgIpc) is 2.54. The topological polar surface area (TPSA) is 44.4 Å². The Labute approximate surface area is 140 Å². The van der Waals surface area contributed by atoms with Gasteiger partial charge in [-0.25, -0.2) is 0 Å². The van der Waals surface area contributed by atoms with Crippen LogP contribution in [0.25, 0.3) is 0 Å². The van der Waals surface area contributed by atoms with Gasteiger partial charge in [0.15, 0.2) is 0 Å². The Balaban J connectivity index is 1.80. The molecule has 1 aliphatic heterocycles. The van der Waals surface area contributed by atoms with Crippen LogP contribution in [-0.4, -0.2) is 50.6 Å². The fourth-order valence-corrected chi connectivity index (χ4v) is 3.31. The number of likely N-dealkylation sites (N-methyl/N-ethyl adjacent to an activating group) is 1. The summed E-state index contributed by atoms with van der Waals surface area (Å²) in [6, 6.07) is 10.6. The molecule has 0 spiro atoms. The van der Waals surface area contributed by atoms with Gasteiger partial charge in [-0.3, -0.25) is 4.79 Å². The summed E-state index contributed by atoms with van der Waals surface area (Å²) in [4.78, 5) is 14.5. The first-order valence-electron chi connectivity index (χ1n) is 8.82. The second kappa shape index (κ2) is 9.68. The molecule has 128 valence electrons. The number of carbonyl (C=O) groups excluding carboxylic acids is 1. The van der Waals surface area contributed by atoms with Crippen molar-refractivity contribution in [3.8, 4) is 0 Å². The van der Waals surface area contributed by atoms with Crippen molar-refractivity contribution < 1.29 is 4.79 Å². The van der Waals surface area contributed by atoms with Crippen LogP contribution in [0.5, 0.6) is 0 Å². The molecule has 2 rings (SSSR count). The molecule has 1 unspecified atom stereocenters. The van der Waals surface area contributed by atoms with E-state index in [2.05, 4.69) is 53.9 Å². The Kier molecular flexibility index (Phi) is 7.56. The molecular weight excluding hydrogens is 286 g/mol. The minimum absolute atomic E-state index is 0.174. The number of rotatable bonds is 8. The molecular formula is C19H31N3O. The first-order valence-corrected chi connectivity index (χ1v) is 8.82. The lowest BCUT2D eigenvalue weighted by Gasteiger charge is -2.24. The van der Waals surface area contributed by atoms with Crippen molar-refractivity contribution in [3.05, 3.63) is 35.9 Å². The first-order chi connectivity index (χ1) is 11.1. The third-order valence-corrected chi connectivity index (χ3v) is 4.51. The lowest BCUT2D eigenvalue weighted by molar-refractivity contribution is -0.122. The maximum atomic E-state index is 12.3. The summed E-state index contributed by atoms with van der Waals surface area (Å²) >= 11 is 0. The molecule has 1 aromatic carbocycles. The molecule has 1 amide bonds. The van der Waals surface area contributed by atoms with E-state index in [0.29, 0.717) is 12.3 Å². The van der Waals surface area contributed by atoms with Gasteiger partial charge in [0.2, 0.25) is 5.91 Å². The van der Waals surface area contributed by atoms with Crippen molar-refractivity contribution in [2.24, 2.45) is 5.92 Å². The third kappa shape index (κ3) is 7.14. The predicted octanol–water partition coefficient (Wildman–Crippen LogP) is 2.06. The van der Waals surface area contributed by atoms with Crippen LogP contribution in [0.3, 0.4) is 0 Å². The van der Waals surface area contributed by atoms with Gasteiger partial charge in [-0.05, 0) is 64.3 Å². The van der Waals surface area contributed by atoms with Gasteiger partial charge in [0, 0.05) is 19.0 Å². The van der Waals surface area contributed by atoms with Crippen molar-refractivity contribution in [1.29, 1.82) is 0 Å². The van der Waals surface area contributed by atoms with Gasteiger partial charge < -0.3 is 15.5 Å². The van der Waals surface area contributed by atoms with Crippen molar-refractivity contribution in [1.82, 2.24) is 15.5 Å². The molecule has 4 nitrogen and oxygen atoms in total. The Morgan fingerprint density at radius 2 is 1.96 bits per heavy atom. The Morgan fingerprint density at radius 1 is 1.26 bits per heavy atom. The highest BCUT2D eigenvalue weighted by atomic mass is 16.1. The van der Waals surface area contributed by atoms with E-state index in [1.165, 1.54) is 18.4 Å². The minimum Gasteiger partial charge on any atom is -0.352 e. The molecule has 23 heavy (non-hydrogen) atoms. The zero-order valence-electron chi connectivity index (χ0n) is 14.6. The molecule has 0 aliphatic carbocycles. The maximum Gasteiger partial charge on any atom is 0.220 e. The Morgan fingerprint density at radius 3 is 2.61 bits per heavy atom. The number of hydrogen-bond acceptors (Lipinski definition) is 3. The third-order valence-electron chi connectivity index (χ3n) is 4.51. The van der Waals surface area contributed by atoms with Crippen molar-refractivity contribution in [3.63, 3.8) is 0 Å². The quantitative estimate of drug-likeness (QED) is 0.771. The van der Waals surface area contributed by atoms with Gasteiger partial charge in [-0.2, -0.15) is 0 Å². The first kappa shape index (κ1) is 18.0. The number of hydrogen-bond donors (Lipinski definition) is 2. The molecule has 0 bridgehead atoms. The van der Waals surface area contributed by atoms with E-state index in [9.17, 15) is 4.79 Å². The van der Waals surface area contributed by atoms with Crippen LogP contribution in [0.1, 0.15) is 31.2 Å². The summed E-state index contributed by atoms with van der Waals surface area (Å²) in [5.41, 5.74) is 1.28. The van der Waals surface area contributed by atoms with Gasteiger partial charge in [0.1, 0.15) is 0 Å². The Hall–Kier alpha value is -1.39. The van der Waals surface area contributed by atoms with E-state index in [4.69, 9.17) is 0 Å². The zero-order valence-corrected chi connectivity index (χ0v) is 14.6. The highest BCUT2D eigenvalue weighted by Crippen LogP contribution is 2.17. The summed E-state index contributed by atoms with van der Waals surface area (Å²) in [6.45, 7) is 3.07. The van der Waals surface area contributed by atoms with Gasteiger partial charge in [-0.15, -0.1) is 0 Å². The van der Waals surface area contributed by atoms with Gasteiger partial charge in [-0.1, -0.05) is 30.3 Å². The van der Waals surface area contributed by atoms with Gasteiger partial charge >= 0.3 is 0 Å². The van der Waals surface area contributed by atoms with Gasteiger partial charge in [0.25, 0.3) is 0 Å². The van der Waals surface area contributed by atoms with Crippen molar-refractivity contribution >= 4 is 5.91 Å². The van der Waals surface area contributed by atoms with E-state index < -0.39 is 0 Å². The maximum absolute atomic E-state index is 12.3. The van der Waals surface area contributed by atoms with Crippen LogP contribution >= 0.6 is 0 Å². The molecule has 1 atom stereocenters. The fraction of sp³-hybridized carbons (Fsp3) is 0.632. The minimum atomic E-state index is 0.174. The van der Waals surface area contributed by atoms with Crippen molar-refractivity contribution in [2.45, 2.75) is 38.1 Å². The molecule has 1 heterocycles. The smallest absolute Gasteiger partial charge is 0.220 e. The number of amides is 1. The average molecular weight is 317 g/mol. The monoisotopic (exact) mass is 317 g/mol. The van der Waals surface area contributed by atoms with Crippen LogP contribution in [0.2, 0.25) is 0 Å². The largest absolute Gasteiger partial charge is 0.352 e. The highest BCUT2D eigenvalue weighted by Gasteiger charge is 2.17. The predicted molar refractivity (Wildman–Crippen MR) is 95.5 cm³/mol. The van der Waals surface area contributed by atoms with E-state index in [1.807, 2.05) is 6.07 Å². The Bertz CT molecular complexity index is 455. The molecule has 1 aliphatic rings. The second-order valence-electron chi connectivity index (χ2n) is 6.95. The van der Waals surface area contributed by atoms with Crippen LogP contribution in [0.15, 0.2) is 30.3 Å². The lowest BCUT2D eigenvalue weighted by Crippen LogP contribution is -2.43. The van der Waals surface area contributed by atoms with Crippen LogP contribution in [0.4, 0.5) is 0 Å². The molecule has 0 saturated carbocycles. The van der Waals surface area contributed by atoms with E-state index in [-0.39, 0.29) is 11.9 Å². The number of nitrogens with zero attached hydrogens (tertiary/aromatic N) is 1. The summed E-state index contributed by atoms with van der Waals surface area (Å²) in [7, 11) is 4.11.